The predicted octanol–water partition coefficient (Wildman–Crippen LogP) is 2.23. The van der Waals surface area contributed by atoms with E-state index in [1.54, 1.807) is 0 Å². The fourth-order valence-corrected chi connectivity index (χ4v) is 2.61. The van der Waals surface area contributed by atoms with Crippen molar-refractivity contribution in [2.45, 2.75) is 39.5 Å². The van der Waals surface area contributed by atoms with Gasteiger partial charge in [0.2, 0.25) is 0 Å². The lowest BCUT2D eigenvalue weighted by molar-refractivity contribution is 0.0657. The van der Waals surface area contributed by atoms with Crippen LogP contribution in [0.1, 0.15) is 41.2 Å². The molecule has 0 radical (unpaired) electrons. The predicted molar refractivity (Wildman–Crippen MR) is 88.3 cm³/mol. The van der Waals surface area contributed by atoms with Crippen LogP contribution in [-0.4, -0.2) is 28.8 Å². The number of carbonyl (C=O) groups is 1. The van der Waals surface area contributed by atoms with E-state index in [4.69, 9.17) is 4.74 Å². The molecule has 2 heterocycles. The molecule has 1 amide bonds. The van der Waals surface area contributed by atoms with Crippen LogP contribution in [0.15, 0.2) is 24.3 Å². The van der Waals surface area contributed by atoms with Gasteiger partial charge in [-0.05, 0) is 31.5 Å². The largest absolute Gasteiger partial charge is 0.374 e. The summed E-state index contributed by atoms with van der Waals surface area (Å²) in [6, 6.07) is 7.69. The molecule has 23 heavy (non-hydrogen) atoms. The summed E-state index contributed by atoms with van der Waals surface area (Å²) >= 11 is 0. The molecule has 1 aromatic carbocycles. The highest BCUT2D eigenvalue weighted by molar-refractivity contribution is 6.04. The van der Waals surface area contributed by atoms with E-state index in [0.717, 1.165) is 35.5 Å². The molecule has 0 atom stereocenters. The molecule has 2 aromatic rings. The van der Waals surface area contributed by atoms with Crippen molar-refractivity contribution in [3.8, 4) is 0 Å². The molecule has 0 bridgehead atoms. The Labute approximate surface area is 135 Å². The number of nitrogens with zero attached hydrogens (tertiary/aromatic N) is 1. The molecule has 6 nitrogen and oxygen atoms in total. The first-order chi connectivity index (χ1) is 11.1. The molecule has 0 unspecified atom stereocenters. The zero-order valence-corrected chi connectivity index (χ0v) is 13.5. The number of carbonyl (C=O) groups excluding carboxylic acids is 1. The van der Waals surface area contributed by atoms with E-state index in [-0.39, 0.29) is 12.0 Å². The van der Waals surface area contributed by atoms with Gasteiger partial charge in [-0.3, -0.25) is 9.89 Å². The Bertz CT molecular complexity index is 694. The maximum absolute atomic E-state index is 12.5. The van der Waals surface area contributed by atoms with Crippen LogP contribution in [0.2, 0.25) is 0 Å². The third-order valence-corrected chi connectivity index (χ3v) is 3.79. The lowest BCUT2D eigenvalue weighted by Gasteiger charge is -2.13. The SMILES string of the molecule is CC(C)OCc1cccc(NC(=O)c2n[nH]c3c2CNCC3)c1. The number of rotatable bonds is 5. The highest BCUT2D eigenvalue weighted by Gasteiger charge is 2.21. The van der Waals surface area contributed by atoms with Gasteiger partial charge in [-0.15, -0.1) is 0 Å². The minimum absolute atomic E-state index is 0.177. The number of ether oxygens (including phenoxy) is 1. The van der Waals surface area contributed by atoms with Gasteiger partial charge < -0.3 is 15.4 Å². The maximum atomic E-state index is 12.5. The number of anilines is 1. The monoisotopic (exact) mass is 314 g/mol. The topological polar surface area (TPSA) is 79.0 Å². The summed E-state index contributed by atoms with van der Waals surface area (Å²) in [5.74, 6) is -0.187. The second-order valence-electron chi connectivity index (χ2n) is 5.97. The number of hydrogen-bond acceptors (Lipinski definition) is 4. The average Bonchev–Trinajstić information content (AvgIpc) is 2.97. The highest BCUT2D eigenvalue weighted by atomic mass is 16.5. The van der Waals surface area contributed by atoms with Crippen LogP contribution in [0.4, 0.5) is 5.69 Å². The molecule has 0 fully saturated rings. The lowest BCUT2D eigenvalue weighted by atomic mass is 10.1. The van der Waals surface area contributed by atoms with Crippen molar-refractivity contribution in [3.63, 3.8) is 0 Å². The molecular formula is C17H22N4O2. The van der Waals surface area contributed by atoms with Gasteiger partial charge in [0.05, 0.1) is 12.7 Å². The van der Waals surface area contributed by atoms with Crippen molar-refractivity contribution in [3.05, 3.63) is 46.8 Å². The Hall–Kier alpha value is -2.18. The van der Waals surface area contributed by atoms with Crippen molar-refractivity contribution in [2.24, 2.45) is 0 Å². The summed E-state index contributed by atoms with van der Waals surface area (Å²) in [5, 5.41) is 13.3. The number of hydrogen-bond donors (Lipinski definition) is 3. The standard InChI is InChI=1S/C17H22N4O2/c1-11(2)23-10-12-4-3-5-13(8-12)19-17(22)16-14-9-18-7-6-15(14)20-21-16/h3-5,8,11,18H,6-7,9-10H2,1-2H3,(H,19,22)(H,20,21). The molecule has 1 aliphatic heterocycles. The Balaban J connectivity index is 1.70. The van der Waals surface area contributed by atoms with Crippen molar-refractivity contribution in [2.75, 3.05) is 11.9 Å². The number of aromatic nitrogens is 2. The fourth-order valence-electron chi connectivity index (χ4n) is 2.61. The number of aromatic amines is 1. The quantitative estimate of drug-likeness (QED) is 0.791. The summed E-state index contributed by atoms with van der Waals surface area (Å²) < 4.78 is 5.60. The van der Waals surface area contributed by atoms with Crippen molar-refractivity contribution in [1.29, 1.82) is 0 Å². The number of amides is 1. The highest BCUT2D eigenvalue weighted by Crippen LogP contribution is 2.18. The molecule has 0 saturated carbocycles. The van der Waals surface area contributed by atoms with Gasteiger partial charge in [0.1, 0.15) is 0 Å². The molecule has 0 aliphatic carbocycles. The average molecular weight is 314 g/mol. The minimum Gasteiger partial charge on any atom is -0.374 e. The van der Waals surface area contributed by atoms with E-state index in [1.807, 2.05) is 38.1 Å². The third kappa shape index (κ3) is 3.78. The van der Waals surface area contributed by atoms with E-state index in [9.17, 15) is 4.79 Å². The normalized spacial score (nSPS) is 13.9. The number of fused-ring (bicyclic) bond motifs is 1. The minimum atomic E-state index is -0.187. The van der Waals surface area contributed by atoms with Crippen LogP contribution >= 0.6 is 0 Å². The molecule has 3 N–H and O–H groups in total. The van der Waals surface area contributed by atoms with E-state index in [0.29, 0.717) is 18.8 Å². The molecule has 6 heteroatoms. The van der Waals surface area contributed by atoms with Gasteiger partial charge in [-0.2, -0.15) is 5.10 Å². The summed E-state index contributed by atoms with van der Waals surface area (Å²) in [4.78, 5) is 12.5. The third-order valence-electron chi connectivity index (χ3n) is 3.79. The van der Waals surface area contributed by atoms with Crippen LogP contribution in [0.3, 0.4) is 0 Å². The molecule has 1 aromatic heterocycles. The first-order valence-electron chi connectivity index (χ1n) is 7.92. The van der Waals surface area contributed by atoms with Crippen molar-refractivity contribution in [1.82, 2.24) is 15.5 Å². The van der Waals surface area contributed by atoms with Crippen molar-refractivity contribution < 1.29 is 9.53 Å². The summed E-state index contributed by atoms with van der Waals surface area (Å²) in [7, 11) is 0. The van der Waals surface area contributed by atoms with Gasteiger partial charge in [0, 0.05) is 36.5 Å². The number of H-pyrrole nitrogens is 1. The number of nitrogens with one attached hydrogen (secondary N) is 3. The summed E-state index contributed by atoms with van der Waals surface area (Å²) in [6.45, 7) is 6.12. The van der Waals surface area contributed by atoms with E-state index < -0.39 is 0 Å². The number of benzene rings is 1. The molecule has 122 valence electrons. The fraction of sp³-hybridized carbons (Fsp3) is 0.412. The van der Waals surface area contributed by atoms with Gasteiger partial charge >= 0.3 is 0 Å². The van der Waals surface area contributed by atoms with Gasteiger partial charge in [-0.25, -0.2) is 0 Å². The maximum Gasteiger partial charge on any atom is 0.276 e. The lowest BCUT2D eigenvalue weighted by Crippen LogP contribution is -2.25. The zero-order valence-electron chi connectivity index (χ0n) is 13.5. The summed E-state index contributed by atoms with van der Waals surface area (Å²) in [6.07, 6.45) is 1.05. The van der Waals surface area contributed by atoms with Crippen LogP contribution in [0.5, 0.6) is 0 Å². The molecule has 1 aliphatic rings. The smallest absolute Gasteiger partial charge is 0.276 e. The van der Waals surface area contributed by atoms with Crippen LogP contribution < -0.4 is 10.6 Å². The van der Waals surface area contributed by atoms with Gasteiger partial charge in [-0.1, -0.05) is 12.1 Å². The van der Waals surface area contributed by atoms with E-state index >= 15 is 0 Å². The van der Waals surface area contributed by atoms with E-state index in [2.05, 4.69) is 20.8 Å². The van der Waals surface area contributed by atoms with Gasteiger partial charge in [0.15, 0.2) is 5.69 Å². The Kier molecular flexibility index (Phi) is 4.73. The van der Waals surface area contributed by atoms with Crippen LogP contribution in [-0.2, 0) is 24.3 Å². The first kappa shape index (κ1) is 15.7. The molecule has 3 rings (SSSR count). The van der Waals surface area contributed by atoms with Crippen LogP contribution in [0, 0.1) is 0 Å². The second-order valence-corrected chi connectivity index (χ2v) is 5.97. The van der Waals surface area contributed by atoms with E-state index in [1.165, 1.54) is 0 Å². The Morgan fingerprint density at radius 2 is 2.30 bits per heavy atom. The Morgan fingerprint density at radius 3 is 3.13 bits per heavy atom. The molecule has 0 saturated heterocycles. The Morgan fingerprint density at radius 1 is 1.43 bits per heavy atom. The van der Waals surface area contributed by atoms with Crippen molar-refractivity contribution >= 4 is 11.6 Å². The zero-order chi connectivity index (χ0) is 16.2. The van der Waals surface area contributed by atoms with Gasteiger partial charge in [0.25, 0.3) is 5.91 Å². The van der Waals surface area contributed by atoms with Crippen LogP contribution in [0.25, 0.3) is 0 Å². The second kappa shape index (κ2) is 6.93. The summed E-state index contributed by atoms with van der Waals surface area (Å²) in [5.41, 5.74) is 4.26. The molecule has 0 spiro atoms. The molecular weight excluding hydrogens is 292 g/mol. The first-order valence-corrected chi connectivity index (χ1v) is 7.92.